The molecule has 2 aromatic rings. The number of carbonyl (C=O) groups excluding carboxylic acids is 1. The summed E-state index contributed by atoms with van der Waals surface area (Å²) in [6, 6.07) is 13.6. The van der Waals surface area contributed by atoms with E-state index in [1.165, 1.54) is 37.9 Å². The van der Waals surface area contributed by atoms with E-state index >= 15 is 0 Å². The lowest BCUT2D eigenvalue weighted by molar-refractivity contribution is -0.918. The van der Waals surface area contributed by atoms with Crippen molar-refractivity contribution in [1.82, 2.24) is 0 Å². The maximum Gasteiger partial charge on any atom is 0.257 e. The number of quaternary nitrogens is 1. The fourth-order valence-electron chi connectivity index (χ4n) is 3.09. The first-order valence-electron chi connectivity index (χ1n) is 8.31. The van der Waals surface area contributed by atoms with E-state index in [1.807, 2.05) is 18.2 Å². The molecule has 0 aromatic heterocycles. The van der Waals surface area contributed by atoms with Crippen LogP contribution in [0.2, 0.25) is 5.02 Å². The minimum atomic E-state index is -0.173. The minimum absolute atomic E-state index is 0.173. The normalized spacial score (nSPS) is 15.2. The van der Waals surface area contributed by atoms with E-state index in [2.05, 4.69) is 40.0 Å². The largest absolute Gasteiger partial charge is 0.331 e. The van der Waals surface area contributed by atoms with Gasteiger partial charge >= 0.3 is 0 Å². The average molecular weight is 456 g/mol. The zero-order chi connectivity index (χ0) is 16.9. The van der Waals surface area contributed by atoms with E-state index in [0.29, 0.717) is 10.6 Å². The van der Waals surface area contributed by atoms with Gasteiger partial charge in [-0.05, 0) is 72.2 Å². The number of hydrogen-bond donors (Lipinski definition) is 2. The Hall–Kier alpha value is -1.11. The Balaban J connectivity index is 1.63. The first kappa shape index (κ1) is 17.7. The molecular formula is C19H21ClIN2O+. The summed E-state index contributed by atoms with van der Waals surface area (Å²) in [5, 5.41) is 3.39. The molecule has 1 aliphatic rings. The molecule has 0 bridgehead atoms. The molecule has 1 saturated heterocycles. The van der Waals surface area contributed by atoms with Crippen molar-refractivity contribution in [2.24, 2.45) is 0 Å². The summed E-state index contributed by atoms with van der Waals surface area (Å²) in [5.74, 6) is -0.173. The lowest BCUT2D eigenvalue weighted by atomic mass is 10.1. The van der Waals surface area contributed by atoms with Crippen LogP contribution in [0.3, 0.4) is 0 Å². The van der Waals surface area contributed by atoms with Gasteiger partial charge in [0.25, 0.3) is 5.91 Å². The summed E-state index contributed by atoms with van der Waals surface area (Å²) >= 11 is 8.30. The summed E-state index contributed by atoms with van der Waals surface area (Å²) in [5.41, 5.74) is 2.62. The molecule has 2 N–H and O–H groups in total. The lowest BCUT2D eigenvalue weighted by Gasteiger charge is -2.23. The van der Waals surface area contributed by atoms with Crippen LogP contribution < -0.4 is 10.2 Å². The van der Waals surface area contributed by atoms with Gasteiger partial charge in [0.1, 0.15) is 6.54 Å². The molecule has 126 valence electrons. The number of piperidine rings is 1. The molecule has 0 spiro atoms. The maximum atomic E-state index is 12.4. The molecule has 0 saturated carbocycles. The molecule has 1 heterocycles. The topological polar surface area (TPSA) is 33.5 Å². The monoisotopic (exact) mass is 455 g/mol. The van der Waals surface area contributed by atoms with Gasteiger partial charge in [0.05, 0.1) is 23.7 Å². The molecule has 0 unspecified atom stereocenters. The predicted octanol–water partition coefficient (Wildman–Crippen LogP) is 3.77. The average Bonchev–Trinajstić information content (AvgIpc) is 2.59. The van der Waals surface area contributed by atoms with Crippen molar-refractivity contribution in [3.05, 3.63) is 62.2 Å². The summed E-state index contributed by atoms with van der Waals surface area (Å²) in [4.78, 5) is 14.0. The summed E-state index contributed by atoms with van der Waals surface area (Å²) in [7, 11) is 0. The molecule has 24 heavy (non-hydrogen) atoms. The van der Waals surface area contributed by atoms with Gasteiger partial charge < -0.3 is 10.2 Å². The molecule has 5 heteroatoms. The van der Waals surface area contributed by atoms with Gasteiger partial charge in [-0.25, -0.2) is 0 Å². The van der Waals surface area contributed by atoms with Crippen molar-refractivity contribution in [1.29, 1.82) is 0 Å². The molecule has 0 radical (unpaired) electrons. The van der Waals surface area contributed by atoms with Crippen LogP contribution in [0.1, 0.15) is 35.2 Å². The number of carbonyl (C=O) groups is 1. The fraction of sp³-hybridized carbons (Fsp3) is 0.316. The Labute approximate surface area is 161 Å². The summed E-state index contributed by atoms with van der Waals surface area (Å²) < 4.78 is 0.988. The van der Waals surface area contributed by atoms with E-state index in [0.717, 1.165) is 15.8 Å². The lowest BCUT2D eigenvalue weighted by Crippen LogP contribution is -3.11. The molecule has 1 amide bonds. The van der Waals surface area contributed by atoms with Crippen molar-refractivity contribution < 1.29 is 9.69 Å². The Morgan fingerprint density at radius 2 is 1.79 bits per heavy atom. The van der Waals surface area contributed by atoms with E-state index in [9.17, 15) is 4.79 Å². The van der Waals surface area contributed by atoms with Crippen molar-refractivity contribution >= 4 is 45.8 Å². The van der Waals surface area contributed by atoms with E-state index < -0.39 is 0 Å². The van der Waals surface area contributed by atoms with E-state index in [4.69, 9.17) is 11.6 Å². The molecule has 2 aromatic carbocycles. The molecule has 0 atom stereocenters. The number of amides is 1. The number of nitrogens with one attached hydrogen (secondary N) is 2. The zero-order valence-electron chi connectivity index (χ0n) is 13.4. The van der Waals surface area contributed by atoms with Crippen molar-refractivity contribution in [3.8, 4) is 0 Å². The van der Waals surface area contributed by atoms with Crippen molar-refractivity contribution in [3.63, 3.8) is 0 Å². The van der Waals surface area contributed by atoms with Crippen LogP contribution >= 0.6 is 34.2 Å². The van der Waals surface area contributed by atoms with Crippen LogP contribution in [0, 0.1) is 3.57 Å². The van der Waals surface area contributed by atoms with Gasteiger partial charge in [-0.1, -0.05) is 23.7 Å². The molecular weight excluding hydrogens is 435 g/mol. The van der Waals surface area contributed by atoms with E-state index in [1.54, 1.807) is 17.0 Å². The van der Waals surface area contributed by atoms with Crippen LogP contribution in [0.5, 0.6) is 0 Å². The van der Waals surface area contributed by atoms with Gasteiger partial charge in [0, 0.05) is 14.8 Å². The molecule has 0 aliphatic carbocycles. The van der Waals surface area contributed by atoms with Gasteiger partial charge in [-0.2, -0.15) is 0 Å². The van der Waals surface area contributed by atoms with Gasteiger partial charge in [0.15, 0.2) is 0 Å². The first-order chi connectivity index (χ1) is 11.6. The standard InChI is InChI=1S/C19H20ClIN2O/c20-18-9-6-15(21)12-17(18)19(24)22-16-7-4-14(5-8-16)13-23-10-2-1-3-11-23/h4-9,12H,1-3,10-11,13H2,(H,22,24)/p+1. The van der Waals surface area contributed by atoms with Crippen LogP contribution in [-0.2, 0) is 6.54 Å². The number of anilines is 1. The maximum absolute atomic E-state index is 12.4. The van der Waals surface area contributed by atoms with Crippen LogP contribution in [-0.4, -0.2) is 19.0 Å². The molecule has 3 nitrogen and oxygen atoms in total. The quantitative estimate of drug-likeness (QED) is 0.676. The second-order valence-corrected chi connectivity index (χ2v) is 7.92. The SMILES string of the molecule is O=C(Nc1ccc(C[NH+]2CCCCC2)cc1)c1cc(I)ccc1Cl. The van der Waals surface area contributed by atoms with E-state index in [-0.39, 0.29) is 5.91 Å². The third-order valence-electron chi connectivity index (χ3n) is 4.40. The number of benzene rings is 2. The number of likely N-dealkylation sites (tertiary alicyclic amines) is 1. The van der Waals surface area contributed by atoms with Gasteiger partial charge in [-0.3, -0.25) is 4.79 Å². The Morgan fingerprint density at radius 3 is 2.50 bits per heavy atom. The number of hydrogen-bond acceptors (Lipinski definition) is 1. The van der Waals surface area contributed by atoms with Gasteiger partial charge in [0.2, 0.25) is 0 Å². The fourth-order valence-corrected chi connectivity index (χ4v) is 3.79. The second-order valence-electron chi connectivity index (χ2n) is 6.26. The highest BCUT2D eigenvalue weighted by Crippen LogP contribution is 2.20. The van der Waals surface area contributed by atoms with Crippen molar-refractivity contribution in [2.45, 2.75) is 25.8 Å². The van der Waals surface area contributed by atoms with Gasteiger partial charge in [-0.15, -0.1) is 0 Å². The Morgan fingerprint density at radius 1 is 1.08 bits per heavy atom. The third-order valence-corrected chi connectivity index (χ3v) is 5.40. The highest BCUT2D eigenvalue weighted by atomic mass is 127. The number of rotatable bonds is 4. The third kappa shape index (κ3) is 4.71. The smallest absolute Gasteiger partial charge is 0.257 e. The molecule has 1 aliphatic heterocycles. The number of halogens is 2. The Kier molecular flexibility index (Phi) is 6.14. The van der Waals surface area contributed by atoms with Crippen LogP contribution in [0.15, 0.2) is 42.5 Å². The summed E-state index contributed by atoms with van der Waals surface area (Å²) in [6.45, 7) is 3.60. The van der Waals surface area contributed by atoms with Crippen LogP contribution in [0.25, 0.3) is 0 Å². The zero-order valence-corrected chi connectivity index (χ0v) is 16.4. The molecule has 3 rings (SSSR count). The minimum Gasteiger partial charge on any atom is -0.331 e. The first-order valence-corrected chi connectivity index (χ1v) is 9.76. The molecule has 1 fully saturated rings. The highest BCUT2D eigenvalue weighted by Gasteiger charge is 2.14. The predicted molar refractivity (Wildman–Crippen MR) is 107 cm³/mol. The highest BCUT2D eigenvalue weighted by molar-refractivity contribution is 14.1. The summed E-state index contributed by atoms with van der Waals surface area (Å²) in [6.07, 6.45) is 4.04. The Bertz CT molecular complexity index is 712. The van der Waals surface area contributed by atoms with Crippen molar-refractivity contribution in [2.75, 3.05) is 18.4 Å². The van der Waals surface area contributed by atoms with Crippen LogP contribution in [0.4, 0.5) is 5.69 Å². The second kappa shape index (κ2) is 8.32.